The Morgan fingerprint density at radius 2 is 1.63 bits per heavy atom. The quantitative estimate of drug-likeness (QED) is 0.313. The molecule has 3 rings (SSSR count). The van der Waals surface area contributed by atoms with Crippen LogP contribution in [0.4, 0.5) is 13.2 Å². The summed E-state index contributed by atoms with van der Waals surface area (Å²) in [4.78, 5) is 12.3. The first-order valence-corrected chi connectivity index (χ1v) is 10.8. The molecular weight excluding hydrogens is 373 g/mol. The molecule has 0 spiro atoms. The molecule has 2 aliphatic carbocycles. The predicted octanol–water partition coefficient (Wildman–Crippen LogP) is 6.68. The maximum Gasteiger partial charge on any atom is 0.314 e. The van der Waals surface area contributed by atoms with Crippen LogP contribution < -0.4 is 4.74 Å². The van der Waals surface area contributed by atoms with Gasteiger partial charge in [0.25, 0.3) is 5.76 Å². The Bertz CT molecular complexity index is 636. The minimum absolute atomic E-state index is 0.0829. The standard InChI is InChI=1S/C21H27F3O2S/c1-13-2-4-14(5-3-13)15-6-8-16(9-7-15)20(25)26-17-10-11-19(18(22)12-17)27-21(23)24/h10-16,21H,2-9H2,1H3/t13-,14-,15-,16-. The van der Waals surface area contributed by atoms with Gasteiger partial charge in [-0.25, -0.2) is 4.39 Å². The van der Waals surface area contributed by atoms with Gasteiger partial charge in [0.15, 0.2) is 0 Å². The van der Waals surface area contributed by atoms with E-state index < -0.39 is 11.6 Å². The van der Waals surface area contributed by atoms with Gasteiger partial charge in [0.1, 0.15) is 11.6 Å². The Hall–Kier alpha value is -1.17. The minimum atomic E-state index is -2.68. The predicted molar refractivity (Wildman–Crippen MR) is 100 cm³/mol. The first-order valence-electron chi connectivity index (χ1n) is 9.88. The number of hydrogen-bond acceptors (Lipinski definition) is 3. The molecule has 0 atom stereocenters. The second-order valence-corrected chi connectivity index (χ2v) is 9.06. The van der Waals surface area contributed by atoms with E-state index in [9.17, 15) is 18.0 Å². The summed E-state index contributed by atoms with van der Waals surface area (Å²) in [6.07, 6.45) is 8.99. The van der Waals surface area contributed by atoms with Crippen LogP contribution in [-0.4, -0.2) is 11.7 Å². The van der Waals surface area contributed by atoms with Gasteiger partial charge >= 0.3 is 5.97 Å². The zero-order valence-corrected chi connectivity index (χ0v) is 16.5. The Balaban J connectivity index is 1.49. The van der Waals surface area contributed by atoms with Crippen molar-refractivity contribution >= 4 is 17.7 Å². The normalized spacial score (nSPS) is 28.9. The molecular formula is C21H27F3O2S. The molecule has 2 aliphatic rings. The summed E-state index contributed by atoms with van der Waals surface area (Å²) >= 11 is 0.146. The maximum atomic E-state index is 13.8. The molecule has 150 valence electrons. The van der Waals surface area contributed by atoms with E-state index in [0.29, 0.717) is 5.92 Å². The van der Waals surface area contributed by atoms with Crippen LogP contribution in [0, 0.1) is 29.5 Å². The highest BCUT2D eigenvalue weighted by molar-refractivity contribution is 7.99. The van der Waals surface area contributed by atoms with Crippen LogP contribution in [-0.2, 0) is 4.79 Å². The molecule has 0 aliphatic heterocycles. The van der Waals surface area contributed by atoms with E-state index in [-0.39, 0.29) is 34.3 Å². The van der Waals surface area contributed by atoms with Crippen LogP contribution in [0.25, 0.3) is 0 Å². The molecule has 0 saturated heterocycles. The third-order valence-corrected chi connectivity index (χ3v) is 6.93. The van der Waals surface area contributed by atoms with Gasteiger partial charge in [-0.05, 0) is 68.4 Å². The molecule has 0 amide bonds. The molecule has 1 aromatic rings. The maximum absolute atomic E-state index is 13.8. The number of rotatable bonds is 5. The van der Waals surface area contributed by atoms with Crippen LogP contribution in [0.2, 0.25) is 0 Å². The van der Waals surface area contributed by atoms with E-state index in [0.717, 1.165) is 43.6 Å². The van der Waals surface area contributed by atoms with Crippen LogP contribution in [0.3, 0.4) is 0 Å². The van der Waals surface area contributed by atoms with Crippen molar-refractivity contribution in [2.24, 2.45) is 23.7 Å². The molecule has 2 fully saturated rings. The number of carbonyl (C=O) groups is 1. The molecule has 0 aromatic heterocycles. The highest BCUT2D eigenvalue weighted by Crippen LogP contribution is 2.41. The number of benzene rings is 1. The molecule has 0 bridgehead atoms. The lowest BCUT2D eigenvalue weighted by Gasteiger charge is -2.36. The van der Waals surface area contributed by atoms with Gasteiger partial charge < -0.3 is 4.74 Å². The summed E-state index contributed by atoms with van der Waals surface area (Å²) in [5.74, 6) is -1.52. The van der Waals surface area contributed by atoms with Crippen LogP contribution in [0.15, 0.2) is 23.1 Å². The largest absolute Gasteiger partial charge is 0.426 e. The van der Waals surface area contributed by atoms with Gasteiger partial charge in [0.05, 0.1) is 5.92 Å². The third-order valence-electron chi connectivity index (χ3n) is 6.17. The number of carbonyl (C=O) groups excluding carboxylic acids is 1. The SMILES string of the molecule is C[C@H]1CC[C@H]([C@H]2CC[C@H](C(=O)Oc3ccc(SC(F)F)c(F)c3)CC2)CC1. The molecule has 0 N–H and O–H groups in total. The average molecular weight is 401 g/mol. The fraction of sp³-hybridized carbons (Fsp3) is 0.667. The van der Waals surface area contributed by atoms with E-state index in [1.807, 2.05) is 0 Å². The minimum Gasteiger partial charge on any atom is -0.426 e. The van der Waals surface area contributed by atoms with Gasteiger partial charge in [0.2, 0.25) is 0 Å². The van der Waals surface area contributed by atoms with Crippen molar-refractivity contribution in [3.63, 3.8) is 0 Å². The summed E-state index contributed by atoms with van der Waals surface area (Å²) in [7, 11) is 0. The number of thioether (sulfide) groups is 1. The van der Waals surface area contributed by atoms with Crippen LogP contribution >= 0.6 is 11.8 Å². The Morgan fingerprint density at radius 1 is 1.04 bits per heavy atom. The summed E-state index contributed by atoms with van der Waals surface area (Å²) in [5, 5.41) is 0. The van der Waals surface area contributed by atoms with E-state index in [2.05, 4.69) is 6.92 Å². The smallest absolute Gasteiger partial charge is 0.314 e. The fourth-order valence-corrected chi connectivity index (χ4v) is 5.03. The second kappa shape index (κ2) is 9.35. The molecule has 6 heteroatoms. The van der Waals surface area contributed by atoms with Gasteiger partial charge in [-0.1, -0.05) is 31.5 Å². The Labute approximate surface area is 163 Å². The van der Waals surface area contributed by atoms with Crippen molar-refractivity contribution < 1.29 is 22.7 Å². The van der Waals surface area contributed by atoms with Crippen molar-refractivity contribution in [1.29, 1.82) is 0 Å². The third kappa shape index (κ3) is 5.66. The summed E-state index contributed by atoms with van der Waals surface area (Å²) in [6, 6.07) is 3.62. The molecule has 0 heterocycles. The molecule has 0 unspecified atom stereocenters. The van der Waals surface area contributed by atoms with E-state index in [1.165, 1.54) is 37.8 Å². The number of esters is 1. The highest BCUT2D eigenvalue weighted by Gasteiger charge is 2.33. The highest BCUT2D eigenvalue weighted by atomic mass is 32.2. The lowest BCUT2D eigenvalue weighted by molar-refractivity contribution is -0.140. The van der Waals surface area contributed by atoms with Crippen LogP contribution in [0.5, 0.6) is 5.75 Å². The number of ether oxygens (including phenoxy) is 1. The Morgan fingerprint density at radius 3 is 2.19 bits per heavy atom. The zero-order chi connectivity index (χ0) is 19.4. The zero-order valence-electron chi connectivity index (χ0n) is 15.6. The average Bonchev–Trinajstić information content (AvgIpc) is 2.64. The lowest BCUT2D eigenvalue weighted by atomic mass is 9.69. The van der Waals surface area contributed by atoms with Crippen molar-refractivity contribution in [2.75, 3.05) is 0 Å². The van der Waals surface area contributed by atoms with Crippen molar-refractivity contribution in [1.82, 2.24) is 0 Å². The van der Waals surface area contributed by atoms with Crippen molar-refractivity contribution in [2.45, 2.75) is 68.9 Å². The fourth-order valence-electron chi connectivity index (χ4n) is 4.52. The van der Waals surface area contributed by atoms with E-state index >= 15 is 0 Å². The van der Waals surface area contributed by atoms with Crippen LogP contribution in [0.1, 0.15) is 58.3 Å². The molecule has 27 heavy (non-hydrogen) atoms. The lowest BCUT2D eigenvalue weighted by Crippen LogP contribution is -2.29. The summed E-state index contributed by atoms with van der Waals surface area (Å²) < 4.78 is 43.9. The van der Waals surface area contributed by atoms with Gasteiger partial charge in [-0.15, -0.1) is 0 Å². The molecule has 0 radical (unpaired) electrons. The van der Waals surface area contributed by atoms with E-state index in [4.69, 9.17) is 4.74 Å². The molecule has 2 saturated carbocycles. The number of halogens is 3. The second-order valence-electron chi connectivity index (χ2n) is 8.02. The first kappa shape index (κ1) is 20.6. The summed E-state index contributed by atoms with van der Waals surface area (Å²) in [5.41, 5.74) is 0. The van der Waals surface area contributed by atoms with Gasteiger partial charge in [0, 0.05) is 11.0 Å². The topological polar surface area (TPSA) is 26.3 Å². The molecule has 2 nitrogen and oxygen atoms in total. The van der Waals surface area contributed by atoms with E-state index in [1.54, 1.807) is 0 Å². The summed E-state index contributed by atoms with van der Waals surface area (Å²) in [6.45, 7) is 2.32. The van der Waals surface area contributed by atoms with Gasteiger partial charge in [-0.2, -0.15) is 8.78 Å². The number of alkyl halides is 2. The molecule has 1 aromatic carbocycles. The van der Waals surface area contributed by atoms with Crippen molar-refractivity contribution in [3.05, 3.63) is 24.0 Å². The number of hydrogen-bond donors (Lipinski definition) is 0. The Kier molecular flexibility index (Phi) is 7.12. The van der Waals surface area contributed by atoms with Gasteiger partial charge in [-0.3, -0.25) is 4.79 Å². The first-order chi connectivity index (χ1) is 12.9. The van der Waals surface area contributed by atoms with Crippen molar-refractivity contribution in [3.8, 4) is 5.75 Å². The monoisotopic (exact) mass is 400 g/mol.